The molecule has 1 heterocycles. The lowest BCUT2D eigenvalue weighted by atomic mass is 9.54. The van der Waals surface area contributed by atoms with Gasteiger partial charge in [-0.2, -0.15) is 0 Å². The second-order valence-corrected chi connectivity index (χ2v) is 15.3. The van der Waals surface area contributed by atoms with E-state index in [1.807, 2.05) is 6.33 Å². The van der Waals surface area contributed by atoms with Crippen LogP contribution in [0, 0.1) is 36.5 Å². The number of carbonyl (C=O) groups excluding carboxylic acids is 1. The molecule has 2 saturated carbocycles. The second kappa shape index (κ2) is 13.5. The predicted octanol–water partition coefficient (Wildman–Crippen LogP) is 10.6. The van der Waals surface area contributed by atoms with Gasteiger partial charge in [-0.05, 0) is 103 Å². The Morgan fingerprint density at radius 3 is 1.86 bits per heavy atom. The number of carbonyl (C=O) groups is 1. The molecule has 2 fully saturated rings. The average molecular weight is 663 g/mol. The number of methoxy groups -OCH3 is 1. The van der Waals surface area contributed by atoms with Crippen molar-refractivity contribution in [1.29, 1.82) is 0 Å². The number of nitrogens with zero attached hydrogens (tertiary/aromatic N) is 2. The summed E-state index contributed by atoms with van der Waals surface area (Å²) in [6.45, 7) is 9.03. The number of ether oxygens (including phenoxy) is 1. The van der Waals surface area contributed by atoms with Crippen LogP contribution in [0.5, 0.6) is 0 Å². The van der Waals surface area contributed by atoms with E-state index in [4.69, 9.17) is 9.72 Å². The molecular formula is C46H50N2O2. The van der Waals surface area contributed by atoms with E-state index in [0.717, 1.165) is 37.8 Å². The average Bonchev–Trinajstić information content (AvgIpc) is 3.63. The third-order valence-electron chi connectivity index (χ3n) is 12.0. The van der Waals surface area contributed by atoms with E-state index in [1.165, 1.54) is 45.4 Å². The molecule has 2 aliphatic carbocycles. The van der Waals surface area contributed by atoms with Crippen molar-refractivity contribution < 1.29 is 9.53 Å². The number of aryl methyl sites for hydroxylation is 1. The molecule has 2 unspecified atom stereocenters. The first kappa shape index (κ1) is 33.8. The van der Waals surface area contributed by atoms with Gasteiger partial charge in [0.15, 0.2) is 0 Å². The smallest absolute Gasteiger partial charge is 0.311 e. The Bertz CT molecular complexity index is 1860. The molecule has 1 aromatic heterocycles. The third kappa shape index (κ3) is 5.93. The number of hydrogen-bond acceptors (Lipinski definition) is 3. The Morgan fingerprint density at radius 2 is 1.36 bits per heavy atom. The number of rotatable bonds is 9. The molecule has 0 spiro atoms. The highest BCUT2D eigenvalue weighted by molar-refractivity contribution is 5.81. The van der Waals surface area contributed by atoms with Crippen LogP contribution in [0.2, 0.25) is 0 Å². The Morgan fingerprint density at radius 1 is 0.820 bits per heavy atom. The summed E-state index contributed by atoms with van der Waals surface area (Å²) < 4.78 is 7.69. The Kier molecular flexibility index (Phi) is 9.15. The molecule has 7 rings (SSSR count). The van der Waals surface area contributed by atoms with E-state index >= 15 is 0 Å². The van der Waals surface area contributed by atoms with Crippen molar-refractivity contribution in [3.8, 4) is 0 Å². The van der Waals surface area contributed by atoms with Crippen molar-refractivity contribution in [2.75, 3.05) is 7.11 Å². The first-order valence-corrected chi connectivity index (χ1v) is 18.3. The molecule has 50 heavy (non-hydrogen) atoms. The highest BCUT2D eigenvalue weighted by atomic mass is 16.5. The van der Waals surface area contributed by atoms with Crippen LogP contribution in [-0.4, -0.2) is 22.6 Å². The molecule has 4 nitrogen and oxygen atoms in total. The van der Waals surface area contributed by atoms with Crippen LogP contribution in [-0.2, 0) is 15.1 Å². The number of allylic oxidation sites excluding steroid dienone is 1. The van der Waals surface area contributed by atoms with Crippen LogP contribution in [0.25, 0.3) is 5.57 Å². The van der Waals surface area contributed by atoms with E-state index in [-0.39, 0.29) is 16.8 Å². The monoisotopic (exact) mass is 662 g/mol. The SMILES string of the molecule is CCC1(C(=O)OC)CC2CC(CC(C)(/C=C(\c3cn(C(c4ccccc4)(c4ccccc4)c4ccccc4)cn3)c3cccc(C)c3C)C2)C1. The van der Waals surface area contributed by atoms with Crippen molar-refractivity contribution >= 4 is 11.5 Å². The summed E-state index contributed by atoms with van der Waals surface area (Å²) in [5.41, 5.74) is 8.46. The summed E-state index contributed by atoms with van der Waals surface area (Å²) in [7, 11) is 1.55. The molecular weight excluding hydrogens is 613 g/mol. The van der Waals surface area contributed by atoms with E-state index < -0.39 is 5.54 Å². The highest BCUT2D eigenvalue weighted by Gasteiger charge is 2.50. The lowest BCUT2D eigenvalue weighted by molar-refractivity contribution is -0.160. The molecule has 0 N–H and O–H groups in total. The molecule has 2 aliphatic rings. The normalized spacial score (nSPS) is 23.7. The van der Waals surface area contributed by atoms with Crippen molar-refractivity contribution in [3.63, 3.8) is 0 Å². The van der Waals surface area contributed by atoms with E-state index in [2.05, 4.69) is 154 Å². The molecule has 2 atom stereocenters. The lowest BCUT2D eigenvalue weighted by Crippen LogP contribution is -2.45. The number of imidazole rings is 1. The molecule has 4 heteroatoms. The number of aromatic nitrogens is 2. The Labute approximate surface area is 298 Å². The predicted molar refractivity (Wildman–Crippen MR) is 203 cm³/mol. The maximum atomic E-state index is 13.1. The summed E-state index contributed by atoms with van der Waals surface area (Å²) in [5.74, 6) is 0.957. The zero-order valence-corrected chi connectivity index (χ0v) is 30.2. The van der Waals surface area contributed by atoms with Gasteiger partial charge >= 0.3 is 5.97 Å². The summed E-state index contributed by atoms with van der Waals surface area (Å²) >= 11 is 0. The van der Waals surface area contributed by atoms with Gasteiger partial charge in [0.2, 0.25) is 0 Å². The van der Waals surface area contributed by atoms with Crippen LogP contribution in [0.3, 0.4) is 0 Å². The summed E-state index contributed by atoms with van der Waals surface area (Å²) in [4.78, 5) is 18.4. The van der Waals surface area contributed by atoms with Gasteiger partial charge in [-0.1, -0.05) is 129 Å². The van der Waals surface area contributed by atoms with Crippen molar-refractivity contribution in [2.24, 2.45) is 22.7 Å². The highest BCUT2D eigenvalue weighted by Crippen LogP contribution is 2.57. The first-order valence-electron chi connectivity index (χ1n) is 18.3. The maximum absolute atomic E-state index is 13.1. The van der Waals surface area contributed by atoms with Gasteiger partial charge in [-0.15, -0.1) is 0 Å². The standard InChI is InChI=1S/C46H50N2O2/c1-6-45(43(49)50-5)28-35-25-36(29-45)27-44(4,26-35)30-41(40-24-16-17-33(2)34(40)3)42-31-48(32-47-42)46(37-18-10-7-11-19-37,38-20-12-8-13-21-38)39-22-14-9-15-23-39/h7-24,30-32,35-36H,6,25-29H2,1-5H3/b41-30-. The van der Waals surface area contributed by atoms with Crippen LogP contribution >= 0.6 is 0 Å². The minimum Gasteiger partial charge on any atom is -0.469 e. The third-order valence-corrected chi connectivity index (χ3v) is 12.0. The minimum absolute atomic E-state index is 0.0193. The number of fused-ring (bicyclic) bond motifs is 2. The van der Waals surface area contributed by atoms with Gasteiger partial charge in [0.25, 0.3) is 0 Å². The molecule has 0 aliphatic heterocycles. The zero-order valence-electron chi connectivity index (χ0n) is 30.2. The molecule has 0 radical (unpaired) electrons. The Balaban J connectivity index is 1.39. The summed E-state index contributed by atoms with van der Waals surface area (Å²) in [6.07, 6.45) is 12.8. The van der Waals surface area contributed by atoms with Gasteiger partial charge in [0, 0.05) is 11.8 Å². The van der Waals surface area contributed by atoms with Gasteiger partial charge in [-0.25, -0.2) is 4.98 Å². The van der Waals surface area contributed by atoms with E-state index in [9.17, 15) is 4.79 Å². The largest absolute Gasteiger partial charge is 0.469 e. The van der Waals surface area contributed by atoms with E-state index in [1.54, 1.807) is 7.11 Å². The molecule has 4 aromatic carbocycles. The first-order chi connectivity index (χ1) is 24.2. The number of esters is 1. The molecule has 0 saturated heterocycles. The number of benzene rings is 4. The zero-order chi connectivity index (χ0) is 34.9. The van der Waals surface area contributed by atoms with Gasteiger partial charge < -0.3 is 9.30 Å². The van der Waals surface area contributed by atoms with Crippen LogP contribution in [0.15, 0.2) is 128 Å². The fourth-order valence-electron chi connectivity index (χ4n) is 9.79. The van der Waals surface area contributed by atoms with Crippen molar-refractivity contribution in [2.45, 2.75) is 71.8 Å². The minimum atomic E-state index is -0.634. The molecule has 5 aromatic rings. The lowest BCUT2D eigenvalue weighted by Gasteiger charge is -2.50. The summed E-state index contributed by atoms with van der Waals surface area (Å²) in [5, 5.41) is 0. The van der Waals surface area contributed by atoms with Gasteiger partial charge in [0.1, 0.15) is 5.54 Å². The van der Waals surface area contributed by atoms with Crippen molar-refractivity contribution in [1.82, 2.24) is 9.55 Å². The van der Waals surface area contributed by atoms with Crippen LogP contribution in [0.4, 0.5) is 0 Å². The molecule has 2 bridgehead atoms. The molecule has 256 valence electrons. The Hall–Kier alpha value is -4.70. The molecule has 0 amide bonds. The van der Waals surface area contributed by atoms with Gasteiger partial charge in [0.05, 0.1) is 24.5 Å². The number of hydrogen-bond donors (Lipinski definition) is 0. The quantitative estimate of drug-likeness (QED) is 0.117. The maximum Gasteiger partial charge on any atom is 0.311 e. The summed E-state index contributed by atoms with van der Waals surface area (Å²) in [6, 6.07) is 39.0. The van der Waals surface area contributed by atoms with Crippen LogP contribution in [0.1, 0.15) is 91.4 Å². The second-order valence-electron chi connectivity index (χ2n) is 15.3. The van der Waals surface area contributed by atoms with Crippen molar-refractivity contribution in [3.05, 3.63) is 167 Å². The van der Waals surface area contributed by atoms with E-state index in [0.29, 0.717) is 11.8 Å². The van der Waals surface area contributed by atoms with Gasteiger partial charge in [-0.3, -0.25) is 4.79 Å². The fourth-order valence-corrected chi connectivity index (χ4v) is 9.79. The fraction of sp³-hybridized carbons (Fsp3) is 0.348. The topological polar surface area (TPSA) is 44.1 Å². The van der Waals surface area contributed by atoms with Crippen LogP contribution < -0.4 is 0 Å².